The Morgan fingerprint density at radius 3 is 2.61 bits per heavy atom. The van der Waals surface area contributed by atoms with Gasteiger partial charge >= 0.3 is 0 Å². The molecule has 1 unspecified atom stereocenters. The minimum Gasteiger partial charge on any atom is -0.310 e. The van der Waals surface area contributed by atoms with Crippen molar-refractivity contribution in [2.45, 2.75) is 45.1 Å². The van der Waals surface area contributed by atoms with Gasteiger partial charge in [0.25, 0.3) is 0 Å². The number of rotatable bonds is 5. The van der Waals surface area contributed by atoms with Crippen molar-refractivity contribution in [1.82, 2.24) is 5.32 Å². The lowest BCUT2D eigenvalue weighted by molar-refractivity contribution is 0.400. The van der Waals surface area contributed by atoms with Crippen LogP contribution in [-0.2, 0) is 0 Å². The molecule has 18 heavy (non-hydrogen) atoms. The van der Waals surface area contributed by atoms with Gasteiger partial charge in [-0.3, -0.25) is 0 Å². The lowest BCUT2D eigenvalue weighted by Crippen LogP contribution is -2.23. The monoisotopic (exact) mass is 373 g/mol. The first kappa shape index (κ1) is 14.5. The number of nitrogens with one attached hydrogen (secondary N) is 1. The van der Waals surface area contributed by atoms with E-state index in [9.17, 15) is 0 Å². The Morgan fingerprint density at radius 2 is 2.00 bits per heavy atom. The van der Waals surface area contributed by atoms with E-state index >= 15 is 0 Å². The molecule has 0 aliphatic heterocycles. The summed E-state index contributed by atoms with van der Waals surface area (Å²) in [5, 5.41) is 3.64. The minimum absolute atomic E-state index is 0.487. The number of hydrogen-bond donors (Lipinski definition) is 1. The van der Waals surface area contributed by atoms with Gasteiger partial charge in [0.1, 0.15) is 0 Å². The Bertz CT molecular complexity index is 386. The third-order valence-corrected chi connectivity index (χ3v) is 5.01. The van der Waals surface area contributed by atoms with Gasteiger partial charge in [-0.15, -0.1) is 0 Å². The highest BCUT2D eigenvalue weighted by molar-refractivity contribution is 9.11. The molecule has 1 aliphatic carbocycles. The second kappa shape index (κ2) is 7.06. The van der Waals surface area contributed by atoms with Gasteiger partial charge in [0.05, 0.1) is 0 Å². The third kappa shape index (κ3) is 3.82. The van der Waals surface area contributed by atoms with Crippen molar-refractivity contribution in [1.29, 1.82) is 0 Å². The summed E-state index contributed by atoms with van der Waals surface area (Å²) in [6.07, 6.45) is 6.94. The molecule has 1 N–H and O–H groups in total. The largest absolute Gasteiger partial charge is 0.310 e. The first-order valence-corrected chi connectivity index (χ1v) is 8.47. The molecular formula is C15H21Br2N. The average molecular weight is 375 g/mol. The smallest absolute Gasteiger partial charge is 0.0333 e. The fourth-order valence-electron chi connectivity index (χ4n) is 2.93. The maximum Gasteiger partial charge on any atom is 0.0333 e. The Morgan fingerprint density at radius 1 is 1.28 bits per heavy atom. The van der Waals surface area contributed by atoms with Crippen LogP contribution in [0.15, 0.2) is 27.1 Å². The summed E-state index contributed by atoms with van der Waals surface area (Å²) in [6, 6.07) is 7.00. The summed E-state index contributed by atoms with van der Waals surface area (Å²) in [7, 11) is 0. The molecule has 1 aliphatic rings. The van der Waals surface area contributed by atoms with Gasteiger partial charge in [-0.25, -0.2) is 0 Å². The molecule has 0 radical (unpaired) electrons. The molecule has 1 aromatic rings. The topological polar surface area (TPSA) is 12.0 Å². The summed E-state index contributed by atoms with van der Waals surface area (Å²) in [5.41, 5.74) is 1.40. The third-order valence-electron chi connectivity index (χ3n) is 3.83. The quantitative estimate of drug-likeness (QED) is 0.723. The van der Waals surface area contributed by atoms with E-state index < -0.39 is 0 Å². The van der Waals surface area contributed by atoms with E-state index in [1.165, 1.54) is 42.1 Å². The van der Waals surface area contributed by atoms with Crippen LogP contribution in [-0.4, -0.2) is 6.54 Å². The van der Waals surface area contributed by atoms with Gasteiger partial charge in [-0.2, -0.15) is 0 Å². The first-order chi connectivity index (χ1) is 8.70. The van der Waals surface area contributed by atoms with Gasteiger partial charge < -0.3 is 5.32 Å². The zero-order valence-electron chi connectivity index (χ0n) is 10.9. The lowest BCUT2D eigenvalue weighted by atomic mass is 9.93. The van der Waals surface area contributed by atoms with E-state index in [0.717, 1.165) is 16.9 Å². The Kier molecular flexibility index (Phi) is 5.71. The second-order valence-corrected chi connectivity index (χ2v) is 6.93. The van der Waals surface area contributed by atoms with Crippen molar-refractivity contribution < 1.29 is 0 Å². The standard InChI is InChI=1S/C15H21Br2N/c1-2-18-15(9-11-5-3-4-6-11)13-8-7-12(16)10-14(13)17/h7-8,10-11,15,18H,2-6,9H2,1H3. The van der Waals surface area contributed by atoms with Crippen LogP contribution in [0.1, 0.15) is 50.6 Å². The Hall–Kier alpha value is 0.140. The molecule has 1 atom stereocenters. The minimum atomic E-state index is 0.487. The van der Waals surface area contributed by atoms with E-state index in [1.807, 2.05) is 0 Å². The normalized spacial score (nSPS) is 18.2. The van der Waals surface area contributed by atoms with Crippen LogP contribution in [0.4, 0.5) is 0 Å². The highest BCUT2D eigenvalue weighted by Crippen LogP contribution is 2.35. The van der Waals surface area contributed by atoms with Crippen molar-refractivity contribution >= 4 is 31.9 Å². The van der Waals surface area contributed by atoms with Crippen molar-refractivity contribution in [3.05, 3.63) is 32.7 Å². The van der Waals surface area contributed by atoms with Crippen molar-refractivity contribution in [2.75, 3.05) is 6.54 Å². The van der Waals surface area contributed by atoms with Crippen LogP contribution >= 0.6 is 31.9 Å². The summed E-state index contributed by atoms with van der Waals surface area (Å²) < 4.78 is 2.34. The maximum atomic E-state index is 3.70. The average Bonchev–Trinajstić information content (AvgIpc) is 2.81. The van der Waals surface area contributed by atoms with E-state index in [0.29, 0.717) is 6.04 Å². The second-order valence-electron chi connectivity index (χ2n) is 5.16. The maximum absolute atomic E-state index is 3.70. The fourth-order valence-corrected chi connectivity index (χ4v) is 4.25. The molecular weight excluding hydrogens is 354 g/mol. The Balaban J connectivity index is 2.12. The zero-order chi connectivity index (χ0) is 13.0. The number of benzene rings is 1. The molecule has 1 aromatic carbocycles. The molecule has 2 rings (SSSR count). The van der Waals surface area contributed by atoms with Gasteiger partial charge in [0.2, 0.25) is 0 Å². The van der Waals surface area contributed by atoms with Crippen LogP contribution in [0.25, 0.3) is 0 Å². The molecule has 1 saturated carbocycles. The predicted octanol–water partition coefficient (Wildman–Crippen LogP) is 5.44. The molecule has 1 nitrogen and oxygen atoms in total. The fraction of sp³-hybridized carbons (Fsp3) is 0.600. The van der Waals surface area contributed by atoms with Gasteiger partial charge in [-0.1, -0.05) is 70.5 Å². The zero-order valence-corrected chi connectivity index (χ0v) is 14.1. The van der Waals surface area contributed by atoms with Crippen molar-refractivity contribution in [2.24, 2.45) is 5.92 Å². The van der Waals surface area contributed by atoms with Gasteiger partial charge in [-0.05, 0) is 36.6 Å². The SMILES string of the molecule is CCNC(CC1CCCC1)c1ccc(Br)cc1Br. The van der Waals surface area contributed by atoms with E-state index in [-0.39, 0.29) is 0 Å². The summed E-state index contributed by atoms with van der Waals surface area (Å²) >= 11 is 7.22. The van der Waals surface area contributed by atoms with Crippen LogP contribution in [0.3, 0.4) is 0 Å². The number of hydrogen-bond acceptors (Lipinski definition) is 1. The van der Waals surface area contributed by atoms with E-state index in [1.54, 1.807) is 0 Å². The summed E-state index contributed by atoms with van der Waals surface area (Å²) in [6.45, 7) is 3.22. The lowest BCUT2D eigenvalue weighted by Gasteiger charge is -2.23. The van der Waals surface area contributed by atoms with E-state index in [4.69, 9.17) is 0 Å². The van der Waals surface area contributed by atoms with Crippen LogP contribution in [0.5, 0.6) is 0 Å². The molecule has 0 saturated heterocycles. The molecule has 1 fully saturated rings. The Labute approximate surface area is 127 Å². The summed E-state index contributed by atoms with van der Waals surface area (Å²) in [4.78, 5) is 0. The number of halogens is 2. The molecule has 0 amide bonds. The summed E-state index contributed by atoms with van der Waals surface area (Å²) in [5.74, 6) is 0.907. The van der Waals surface area contributed by atoms with Crippen LogP contribution in [0, 0.1) is 5.92 Å². The van der Waals surface area contributed by atoms with E-state index in [2.05, 4.69) is 62.3 Å². The molecule has 0 bridgehead atoms. The van der Waals surface area contributed by atoms with Crippen molar-refractivity contribution in [3.63, 3.8) is 0 Å². The molecule has 0 aromatic heterocycles. The first-order valence-electron chi connectivity index (χ1n) is 6.89. The van der Waals surface area contributed by atoms with Gasteiger partial charge in [0.15, 0.2) is 0 Å². The van der Waals surface area contributed by atoms with Crippen LogP contribution < -0.4 is 5.32 Å². The highest BCUT2D eigenvalue weighted by atomic mass is 79.9. The van der Waals surface area contributed by atoms with Crippen LogP contribution in [0.2, 0.25) is 0 Å². The van der Waals surface area contributed by atoms with Gasteiger partial charge in [0, 0.05) is 15.0 Å². The highest BCUT2D eigenvalue weighted by Gasteiger charge is 2.22. The molecule has 0 heterocycles. The molecule has 0 spiro atoms. The predicted molar refractivity (Wildman–Crippen MR) is 84.8 cm³/mol. The van der Waals surface area contributed by atoms with Crippen molar-refractivity contribution in [3.8, 4) is 0 Å². The molecule has 100 valence electrons. The molecule has 3 heteroatoms.